The molecule has 0 aromatic heterocycles. The number of rotatable bonds is 6. The highest BCUT2D eigenvalue weighted by atomic mass is 16.4. The quantitative estimate of drug-likeness (QED) is 0.457. The van der Waals surface area contributed by atoms with Crippen molar-refractivity contribution in [3.63, 3.8) is 0 Å². The molecule has 4 heteroatoms. The molecule has 3 saturated carbocycles. The lowest BCUT2D eigenvalue weighted by Crippen LogP contribution is -2.53. The van der Waals surface area contributed by atoms with Crippen LogP contribution in [-0.2, 0) is 4.79 Å². The van der Waals surface area contributed by atoms with E-state index in [1.54, 1.807) is 6.92 Å². The fourth-order valence-electron chi connectivity index (χ4n) is 8.64. The summed E-state index contributed by atoms with van der Waals surface area (Å²) in [6, 6.07) is 0. The molecule has 0 saturated heterocycles. The lowest BCUT2D eigenvalue weighted by molar-refractivity contribution is -0.140. The van der Waals surface area contributed by atoms with Gasteiger partial charge in [0.05, 0.1) is 17.6 Å². The second-order valence-corrected chi connectivity index (χ2v) is 12.4. The van der Waals surface area contributed by atoms with E-state index in [1.807, 2.05) is 6.92 Å². The number of fused-ring (bicyclic) bond motifs is 5. The molecule has 0 amide bonds. The van der Waals surface area contributed by atoms with Gasteiger partial charge in [0, 0.05) is 0 Å². The van der Waals surface area contributed by atoms with Crippen LogP contribution in [0.5, 0.6) is 0 Å². The Morgan fingerprint density at radius 1 is 1.22 bits per heavy atom. The van der Waals surface area contributed by atoms with E-state index in [4.69, 9.17) is 0 Å². The Labute approximate surface area is 194 Å². The Balaban J connectivity index is 1.50. The molecule has 0 bridgehead atoms. The normalized spacial score (nSPS) is 43.8. The molecule has 4 rings (SSSR count). The van der Waals surface area contributed by atoms with Crippen molar-refractivity contribution >= 4 is 5.97 Å². The molecule has 4 nitrogen and oxygen atoms in total. The summed E-state index contributed by atoms with van der Waals surface area (Å²) in [5, 5.41) is 31.1. The van der Waals surface area contributed by atoms with Crippen LogP contribution in [0.25, 0.3) is 0 Å². The summed E-state index contributed by atoms with van der Waals surface area (Å²) in [6.45, 7) is 12.6. The van der Waals surface area contributed by atoms with Gasteiger partial charge >= 0.3 is 5.97 Å². The van der Waals surface area contributed by atoms with Crippen LogP contribution in [-0.4, -0.2) is 33.0 Å². The number of carbonyl (C=O) groups is 1. The zero-order valence-corrected chi connectivity index (χ0v) is 20.6. The highest BCUT2D eigenvalue weighted by molar-refractivity contribution is 5.72. The van der Waals surface area contributed by atoms with E-state index >= 15 is 0 Å². The minimum Gasteiger partial charge on any atom is -0.481 e. The average molecular weight is 445 g/mol. The Hall–Kier alpha value is -1.13. The molecule has 180 valence electrons. The first-order chi connectivity index (χ1) is 14.9. The summed E-state index contributed by atoms with van der Waals surface area (Å²) in [7, 11) is 0. The van der Waals surface area contributed by atoms with E-state index in [0.717, 1.165) is 38.5 Å². The molecule has 9 atom stereocenters. The van der Waals surface area contributed by atoms with Crippen LogP contribution in [0.3, 0.4) is 0 Å². The summed E-state index contributed by atoms with van der Waals surface area (Å²) in [5.41, 5.74) is 1.80. The van der Waals surface area contributed by atoms with Gasteiger partial charge < -0.3 is 15.3 Å². The maximum Gasteiger partial charge on any atom is 0.310 e. The highest BCUT2D eigenvalue weighted by Gasteiger charge is 2.61. The van der Waals surface area contributed by atoms with Crippen LogP contribution in [0.2, 0.25) is 0 Å². The zero-order valence-electron chi connectivity index (χ0n) is 20.6. The van der Waals surface area contributed by atoms with Gasteiger partial charge in [-0.15, -0.1) is 0 Å². The van der Waals surface area contributed by atoms with Crippen LogP contribution in [0.15, 0.2) is 23.8 Å². The smallest absolute Gasteiger partial charge is 0.310 e. The maximum absolute atomic E-state index is 11.6. The number of hydrogen-bond acceptors (Lipinski definition) is 3. The number of carboxylic acid groups (broad SMARTS) is 1. The van der Waals surface area contributed by atoms with Crippen molar-refractivity contribution in [1.82, 2.24) is 0 Å². The molecule has 4 aliphatic carbocycles. The van der Waals surface area contributed by atoms with E-state index in [2.05, 4.69) is 26.5 Å². The van der Waals surface area contributed by atoms with E-state index in [9.17, 15) is 20.1 Å². The summed E-state index contributed by atoms with van der Waals surface area (Å²) >= 11 is 0. The molecular weight excluding hydrogens is 400 g/mol. The van der Waals surface area contributed by atoms with Crippen molar-refractivity contribution < 1.29 is 20.1 Å². The fourth-order valence-corrected chi connectivity index (χ4v) is 8.64. The number of allylic oxidation sites excluding steroid dienone is 1. The largest absolute Gasteiger partial charge is 0.481 e. The van der Waals surface area contributed by atoms with Crippen molar-refractivity contribution in [2.45, 2.75) is 104 Å². The van der Waals surface area contributed by atoms with Crippen LogP contribution < -0.4 is 0 Å². The lowest BCUT2D eigenvalue weighted by atomic mass is 9.46. The Morgan fingerprint density at radius 2 is 1.94 bits per heavy atom. The Bertz CT molecular complexity index is 797. The van der Waals surface area contributed by atoms with Crippen LogP contribution in [0.1, 0.15) is 91.9 Å². The predicted molar refractivity (Wildman–Crippen MR) is 127 cm³/mol. The number of aliphatic carboxylic acids is 1. The molecule has 3 N–H and O–H groups in total. The number of carboxylic acids is 1. The zero-order chi connectivity index (χ0) is 23.5. The summed E-state index contributed by atoms with van der Waals surface area (Å²) in [4.78, 5) is 11.3. The van der Waals surface area contributed by atoms with Crippen molar-refractivity contribution in [3.05, 3.63) is 23.8 Å². The minimum atomic E-state index is -0.839. The molecule has 0 heterocycles. The van der Waals surface area contributed by atoms with E-state index < -0.39 is 17.5 Å². The molecule has 0 radical (unpaired) electrons. The molecule has 1 unspecified atom stereocenters. The lowest BCUT2D eigenvalue weighted by Gasteiger charge is -2.59. The highest BCUT2D eigenvalue weighted by Crippen LogP contribution is 2.67. The third-order valence-electron chi connectivity index (χ3n) is 10.8. The summed E-state index contributed by atoms with van der Waals surface area (Å²) in [5.74, 6) is 0.870. The van der Waals surface area contributed by atoms with Gasteiger partial charge in [-0.1, -0.05) is 37.6 Å². The van der Waals surface area contributed by atoms with Crippen molar-refractivity contribution in [3.8, 4) is 0 Å². The minimum absolute atomic E-state index is 0.139. The summed E-state index contributed by atoms with van der Waals surface area (Å²) < 4.78 is 0. The van der Waals surface area contributed by atoms with Gasteiger partial charge in [0.1, 0.15) is 0 Å². The summed E-state index contributed by atoms with van der Waals surface area (Å²) in [6.07, 6.45) is 12.1. The van der Waals surface area contributed by atoms with Gasteiger partial charge in [-0.3, -0.25) is 4.79 Å². The molecular formula is C28H44O4. The first-order valence-electron chi connectivity index (χ1n) is 12.9. The fraction of sp³-hybridized carbons (Fsp3) is 0.821. The van der Waals surface area contributed by atoms with Crippen molar-refractivity contribution in [1.29, 1.82) is 0 Å². The van der Waals surface area contributed by atoms with E-state index in [1.165, 1.54) is 18.4 Å². The van der Waals surface area contributed by atoms with Crippen LogP contribution >= 0.6 is 0 Å². The molecule has 3 fully saturated rings. The first-order valence-corrected chi connectivity index (χ1v) is 12.9. The van der Waals surface area contributed by atoms with E-state index in [-0.39, 0.29) is 22.9 Å². The molecule has 0 spiro atoms. The number of aliphatic hydroxyl groups is 2. The predicted octanol–water partition coefficient (Wildman–Crippen LogP) is 5.73. The van der Waals surface area contributed by atoms with Crippen molar-refractivity contribution in [2.24, 2.45) is 40.4 Å². The molecule has 0 aromatic rings. The van der Waals surface area contributed by atoms with Gasteiger partial charge in [0.15, 0.2) is 0 Å². The van der Waals surface area contributed by atoms with Crippen LogP contribution in [0.4, 0.5) is 0 Å². The second-order valence-electron chi connectivity index (χ2n) is 12.4. The monoisotopic (exact) mass is 444 g/mol. The first kappa shape index (κ1) is 24.0. The van der Waals surface area contributed by atoms with Gasteiger partial charge in [0.2, 0.25) is 0 Å². The second kappa shape index (κ2) is 8.27. The van der Waals surface area contributed by atoms with Crippen LogP contribution in [0, 0.1) is 40.4 Å². The third-order valence-corrected chi connectivity index (χ3v) is 10.8. The standard InChI is InChI=1S/C28H44O4/c1-17(18(2)25(30)31)10-15-28(5,32)24-9-8-22-21-7-6-19-16-20(29)11-13-26(19,3)23(21)12-14-27(22,24)4/h6,18,20-24,29,32H,1,7-16H2,2-5H3,(H,30,31)/t18?,20-,21-,22-,23-,24-,26-,27-,28-/m0/s1. The SMILES string of the molecule is C=C(CC[C@](C)(O)[C@H]1CC[C@H]2[C@@H]3CC=C4C[C@@H](O)CC[C@]4(C)[C@H]3CC[C@@]21C)C(C)C(=O)O. The average Bonchev–Trinajstić information content (AvgIpc) is 3.10. The van der Waals surface area contributed by atoms with Gasteiger partial charge in [-0.2, -0.15) is 0 Å². The number of hydrogen-bond donors (Lipinski definition) is 3. The number of aliphatic hydroxyl groups excluding tert-OH is 1. The Kier molecular flexibility index (Phi) is 6.20. The topological polar surface area (TPSA) is 77.8 Å². The van der Waals surface area contributed by atoms with Gasteiger partial charge in [-0.05, 0) is 113 Å². The molecule has 0 aliphatic heterocycles. The van der Waals surface area contributed by atoms with E-state index in [0.29, 0.717) is 36.2 Å². The third kappa shape index (κ3) is 3.79. The molecule has 0 aromatic carbocycles. The van der Waals surface area contributed by atoms with Crippen molar-refractivity contribution in [2.75, 3.05) is 0 Å². The van der Waals surface area contributed by atoms with Gasteiger partial charge in [-0.25, -0.2) is 0 Å². The maximum atomic E-state index is 11.6. The Morgan fingerprint density at radius 3 is 2.62 bits per heavy atom. The molecule has 4 aliphatic rings. The van der Waals surface area contributed by atoms with Gasteiger partial charge in [0.25, 0.3) is 0 Å². The molecule has 32 heavy (non-hydrogen) atoms.